The average Bonchev–Trinajstić information content (AvgIpc) is 1.99. The Labute approximate surface area is 84.0 Å². The van der Waals surface area contributed by atoms with Gasteiger partial charge in [-0.05, 0) is 18.6 Å². The van der Waals surface area contributed by atoms with Crippen LogP contribution in [0.2, 0.25) is 0 Å². The summed E-state index contributed by atoms with van der Waals surface area (Å²) in [6, 6.07) is 0.718. The molecule has 0 saturated carbocycles. The van der Waals surface area contributed by atoms with Crippen molar-refractivity contribution < 1.29 is 21.6 Å². The quantitative estimate of drug-likeness (QED) is 0.787. The SMILES string of the molecule is Cc1cc(F)nc(S(N)(=O)=O)c1C(F)F. The van der Waals surface area contributed by atoms with Gasteiger partial charge in [0, 0.05) is 0 Å². The first-order valence-corrected chi connectivity index (χ1v) is 5.26. The third kappa shape index (κ3) is 2.45. The molecule has 0 aliphatic heterocycles. The molecule has 1 rings (SSSR count). The second-order valence-corrected chi connectivity index (χ2v) is 4.30. The third-order valence-electron chi connectivity index (χ3n) is 1.69. The van der Waals surface area contributed by atoms with Crippen LogP contribution in [-0.4, -0.2) is 13.4 Å². The maximum atomic E-state index is 12.7. The molecular formula is C7H7F3N2O2S. The van der Waals surface area contributed by atoms with Crippen molar-refractivity contribution in [3.05, 3.63) is 23.1 Å². The number of halogens is 3. The molecule has 2 N–H and O–H groups in total. The number of pyridine rings is 1. The molecule has 0 fully saturated rings. The summed E-state index contributed by atoms with van der Waals surface area (Å²) in [6.45, 7) is 1.15. The lowest BCUT2D eigenvalue weighted by molar-refractivity contribution is 0.145. The molecule has 0 spiro atoms. The molecule has 0 aromatic carbocycles. The predicted octanol–water partition coefficient (Wildman–Crippen LogP) is 1.11. The van der Waals surface area contributed by atoms with Crippen molar-refractivity contribution in [2.75, 3.05) is 0 Å². The monoisotopic (exact) mass is 240 g/mol. The van der Waals surface area contributed by atoms with Crippen molar-refractivity contribution in [2.24, 2.45) is 5.14 Å². The predicted molar refractivity (Wildman–Crippen MR) is 45.3 cm³/mol. The summed E-state index contributed by atoms with van der Waals surface area (Å²) in [6.07, 6.45) is -3.08. The zero-order valence-electron chi connectivity index (χ0n) is 7.54. The van der Waals surface area contributed by atoms with Crippen molar-refractivity contribution in [2.45, 2.75) is 18.4 Å². The van der Waals surface area contributed by atoms with Crippen LogP contribution in [0, 0.1) is 12.9 Å². The number of hydrogen-bond donors (Lipinski definition) is 1. The van der Waals surface area contributed by atoms with Crippen molar-refractivity contribution >= 4 is 10.0 Å². The molecule has 1 heterocycles. The van der Waals surface area contributed by atoms with Gasteiger partial charge in [-0.15, -0.1) is 0 Å². The van der Waals surface area contributed by atoms with E-state index in [0.29, 0.717) is 0 Å². The summed E-state index contributed by atoms with van der Waals surface area (Å²) in [5, 5.41) is 3.53. The van der Waals surface area contributed by atoms with Gasteiger partial charge in [0.1, 0.15) is 0 Å². The molecule has 0 atom stereocenters. The van der Waals surface area contributed by atoms with E-state index in [9.17, 15) is 21.6 Å². The number of nitrogens with two attached hydrogens (primary N) is 1. The molecule has 15 heavy (non-hydrogen) atoms. The van der Waals surface area contributed by atoms with Crippen LogP contribution < -0.4 is 5.14 Å². The topological polar surface area (TPSA) is 73.0 Å². The van der Waals surface area contributed by atoms with E-state index in [2.05, 4.69) is 10.1 Å². The van der Waals surface area contributed by atoms with Gasteiger partial charge in [0.15, 0.2) is 5.03 Å². The van der Waals surface area contributed by atoms with Crippen molar-refractivity contribution in [1.82, 2.24) is 4.98 Å². The molecule has 0 aliphatic rings. The zero-order chi connectivity index (χ0) is 11.8. The Morgan fingerprint density at radius 1 is 1.47 bits per heavy atom. The molecule has 0 aliphatic carbocycles. The standard InChI is InChI=1S/C7H7F3N2O2S/c1-3-2-4(8)12-7(15(11,13)14)5(3)6(9)10/h2,6H,1H3,(H2,11,13,14). The molecule has 0 bridgehead atoms. The van der Waals surface area contributed by atoms with Gasteiger partial charge >= 0.3 is 0 Å². The number of nitrogens with zero attached hydrogens (tertiary/aromatic N) is 1. The minimum atomic E-state index is -4.45. The lowest BCUT2D eigenvalue weighted by Gasteiger charge is -2.08. The molecule has 8 heteroatoms. The van der Waals surface area contributed by atoms with E-state index in [4.69, 9.17) is 0 Å². The molecule has 1 aromatic heterocycles. The van der Waals surface area contributed by atoms with E-state index in [1.165, 1.54) is 0 Å². The number of alkyl halides is 2. The summed E-state index contributed by atoms with van der Waals surface area (Å²) < 4.78 is 59.4. The van der Waals surface area contributed by atoms with Gasteiger partial charge in [0.25, 0.3) is 16.4 Å². The number of hydrogen-bond acceptors (Lipinski definition) is 3. The Kier molecular flexibility index (Phi) is 3.00. The van der Waals surface area contributed by atoms with E-state index in [-0.39, 0.29) is 5.56 Å². The smallest absolute Gasteiger partial charge is 0.223 e. The van der Waals surface area contributed by atoms with Crippen molar-refractivity contribution in [3.8, 4) is 0 Å². The van der Waals surface area contributed by atoms with E-state index >= 15 is 0 Å². The fourth-order valence-corrected chi connectivity index (χ4v) is 1.87. The average molecular weight is 240 g/mol. The molecular weight excluding hydrogens is 233 g/mol. The van der Waals surface area contributed by atoms with E-state index < -0.39 is 33.0 Å². The van der Waals surface area contributed by atoms with Crippen LogP contribution in [-0.2, 0) is 10.0 Å². The molecule has 84 valence electrons. The fraction of sp³-hybridized carbons (Fsp3) is 0.286. The number of rotatable bonds is 2. The first-order valence-electron chi connectivity index (χ1n) is 3.71. The Morgan fingerprint density at radius 2 is 2.00 bits per heavy atom. The van der Waals surface area contributed by atoms with Crippen LogP contribution >= 0.6 is 0 Å². The normalized spacial score (nSPS) is 12.1. The maximum Gasteiger partial charge on any atom is 0.266 e. The highest BCUT2D eigenvalue weighted by molar-refractivity contribution is 7.89. The van der Waals surface area contributed by atoms with Crippen LogP contribution in [0.15, 0.2) is 11.1 Å². The Bertz CT molecular complexity index is 487. The molecule has 4 nitrogen and oxygen atoms in total. The highest BCUT2D eigenvalue weighted by atomic mass is 32.2. The number of aryl methyl sites for hydroxylation is 1. The van der Waals surface area contributed by atoms with E-state index in [1.54, 1.807) is 0 Å². The minimum Gasteiger partial charge on any atom is -0.223 e. The maximum absolute atomic E-state index is 12.7. The van der Waals surface area contributed by atoms with Gasteiger partial charge in [-0.25, -0.2) is 27.3 Å². The van der Waals surface area contributed by atoms with Gasteiger partial charge in [-0.3, -0.25) is 0 Å². The first-order chi connectivity index (χ1) is 6.73. The number of aromatic nitrogens is 1. The molecule has 0 amide bonds. The number of sulfonamides is 1. The van der Waals surface area contributed by atoms with Gasteiger partial charge < -0.3 is 0 Å². The van der Waals surface area contributed by atoms with Gasteiger partial charge in [-0.1, -0.05) is 0 Å². The van der Waals surface area contributed by atoms with Gasteiger partial charge in [-0.2, -0.15) is 4.39 Å². The highest BCUT2D eigenvalue weighted by Gasteiger charge is 2.25. The highest BCUT2D eigenvalue weighted by Crippen LogP contribution is 2.27. The van der Waals surface area contributed by atoms with Crippen LogP contribution in [0.25, 0.3) is 0 Å². The lowest BCUT2D eigenvalue weighted by Crippen LogP contribution is -2.18. The largest absolute Gasteiger partial charge is 0.266 e. The van der Waals surface area contributed by atoms with Crippen LogP contribution in [0.4, 0.5) is 13.2 Å². The van der Waals surface area contributed by atoms with Crippen LogP contribution in [0.5, 0.6) is 0 Å². The summed E-state index contributed by atoms with van der Waals surface area (Å²) in [4.78, 5) is 2.87. The summed E-state index contributed by atoms with van der Waals surface area (Å²) in [7, 11) is -4.45. The summed E-state index contributed by atoms with van der Waals surface area (Å²) >= 11 is 0. The lowest BCUT2D eigenvalue weighted by atomic mass is 10.2. The Balaban J connectivity index is 3.62. The van der Waals surface area contributed by atoms with Crippen LogP contribution in [0.1, 0.15) is 17.6 Å². The molecule has 1 aromatic rings. The molecule has 0 unspecified atom stereocenters. The fourth-order valence-electron chi connectivity index (χ4n) is 1.10. The van der Waals surface area contributed by atoms with Crippen LogP contribution in [0.3, 0.4) is 0 Å². The molecule has 0 saturated heterocycles. The summed E-state index contributed by atoms with van der Waals surface area (Å²) in [5.74, 6) is -1.17. The molecule has 0 radical (unpaired) electrons. The second kappa shape index (κ2) is 3.78. The Morgan fingerprint density at radius 3 is 2.40 bits per heavy atom. The first kappa shape index (κ1) is 11.9. The number of primary sulfonamides is 1. The minimum absolute atomic E-state index is 0.207. The van der Waals surface area contributed by atoms with Crippen molar-refractivity contribution in [1.29, 1.82) is 0 Å². The van der Waals surface area contributed by atoms with Gasteiger partial charge in [0.2, 0.25) is 5.95 Å². The third-order valence-corrected chi connectivity index (χ3v) is 2.54. The summed E-state index contributed by atoms with van der Waals surface area (Å²) in [5.41, 5.74) is -1.07. The van der Waals surface area contributed by atoms with E-state index in [1.807, 2.05) is 0 Å². The zero-order valence-corrected chi connectivity index (χ0v) is 8.35. The Hall–Kier alpha value is -1.15. The van der Waals surface area contributed by atoms with Crippen molar-refractivity contribution in [3.63, 3.8) is 0 Å². The second-order valence-electron chi connectivity index (χ2n) is 2.83. The van der Waals surface area contributed by atoms with E-state index in [0.717, 1.165) is 13.0 Å². The van der Waals surface area contributed by atoms with Gasteiger partial charge in [0.05, 0.1) is 5.56 Å².